The highest BCUT2D eigenvalue weighted by Gasteiger charge is 2.25. The zero-order chi connectivity index (χ0) is 23.3. The fraction of sp³-hybridized carbons (Fsp3) is 0.391. The average molecular weight is 462 g/mol. The summed E-state index contributed by atoms with van der Waals surface area (Å²) in [6.45, 7) is 5.17. The fourth-order valence-corrected chi connectivity index (χ4v) is 4.68. The maximum atomic E-state index is 13.1. The molecule has 2 N–H and O–H groups in total. The number of sulfonamides is 1. The van der Waals surface area contributed by atoms with Crippen molar-refractivity contribution < 1.29 is 22.4 Å². The second-order valence-corrected chi connectivity index (χ2v) is 10.0. The summed E-state index contributed by atoms with van der Waals surface area (Å²) in [6, 6.07) is 10.7. The van der Waals surface area contributed by atoms with Crippen molar-refractivity contribution in [3.05, 3.63) is 59.9 Å². The molecule has 3 rings (SSSR count). The van der Waals surface area contributed by atoms with Crippen LogP contribution in [0.5, 0.6) is 0 Å². The lowest BCUT2D eigenvalue weighted by atomic mass is 10.0. The van der Waals surface area contributed by atoms with Crippen LogP contribution in [0.3, 0.4) is 0 Å². The predicted molar refractivity (Wildman–Crippen MR) is 120 cm³/mol. The lowest BCUT2D eigenvalue weighted by Gasteiger charge is -2.33. The van der Waals surface area contributed by atoms with Crippen molar-refractivity contribution in [3.63, 3.8) is 0 Å². The number of halogens is 1. The summed E-state index contributed by atoms with van der Waals surface area (Å²) in [4.78, 5) is 26.8. The van der Waals surface area contributed by atoms with Crippen LogP contribution in [0.25, 0.3) is 0 Å². The summed E-state index contributed by atoms with van der Waals surface area (Å²) in [5, 5.41) is 2.95. The van der Waals surface area contributed by atoms with Crippen molar-refractivity contribution in [3.8, 4) is 0 Å². The Labute approximate surface area is 188 Å². The summed E-state index contributed by atoms with van der Waals surface area (Å²) in [7, 11) is -3.99. The van der Waals surface area contributed by atoms with E-state index in [2.05, 4.69) is 10.0 Å². The maximum Gasteiger partial charge on any atom is 0.261 e. The first-order valence-corrected chi connectivity index (χ1v) is 12.1. The first kappa shape index (κ1) is 23.7. The van der Waals surface area contributed by atoms with E-state index in [-0.39, 0.29) is 28.1 Å². The molecule has 1 aliphatic rings. The van der Waals surface area contributed by atoms with Crippen LogP contribution in [0.4, 0.5) is 10.1 Å². The van der Waals surface area contributed by atoms with Crippen molar-refractivity contribution in [2.45, 2.75) is 44.0 Å². The molecule has 2 aromatic carbocycles. The van der Waals surface area contributed by atoms with Gasteiger partial charge in [-0.25, -0.2) is 12.8 Å². The lowest BCUT2D eigenvalue weighted by molar-refractivity contribution is -0.133. The molecule has 0 aromatic heterocycles. The number of rotatable bonds is 7. The third-order valence-corrected chi connectivity index (χ3v) is 6.69. The van der Waals surface area contributed by atoms with E-state index in [4.69, 9.17) is 0 Å². The Balaban J connectivity index is 1.65. The van der Waals surface area contributed by atoms with Gasteiger partial charge in [0.15, 0.2) is 0 Å². The van der Waals surface area contributed by atoms with Gasteiger partial charge in [-0.1, -0.05) is 26.0 Å². The van der Waals surface area contributed by atoms with Crippen molar-refractivity contribution in [1.82, 2.24) is 10.2 Å². The molecule has 2 aromatic rings. The Morgan fingerprint density at radius 2 is 1.69 bits per heavy atom. The Bertz CT molecular complexity index is 1060. The highest BCUT2D eigenvalue weighted by Crippen LogP contribution is 2.21. The second kappa shape index (κ2) is 10.1. The summed E-state index contributed by atoms with van der Waals surface area (Å²) < 4.78 is 40.8. The van der Waals surface area contributed by atoms with Gasteiger partial charge in [0, 0.05) is 25.6 Å². The Morgan fingerprint density at radius 1 is 1.06 bits per heavy atom. The molecule has 2 amide bonds. The number of hydrogen-bond acceptors (Lipinski definition) is 4. The largest absolute Gasteiger partial charge is 0.349 e. The van der Waals surface area contributed by atoms with Gasteiger partial charge in [0.05, 0.1) is 16.1 Å². The Hall–Kier alpha value is -2.94. The quantitative estimate of drug-likeness (QED) is 0.661. The van der Waals surface area contributed by atoms with Crippen molar-refractivity contribution in [2.75, 3.05) is 17.8 Å². The van der Waals surface area contributed by atoms with Gasteiger partial charge in [0.1, 0.15) is 5.82 Å². The molecule has 7 nitrogen and oxygen atoms in total. The predicted octanol–water partition coefficient (Wildman–Crippen LogP) is 3.39. The van der Waals surface area contributed by atoms with Crippen LogP contribution < -0.4 is 10.0 Å². The van der Waals surface area contributed by atoms with Crippen molar-refractivity contribution in [2.24, 2.45) is 5.92 Å². The molecule has 1 saturated heterocycles. The Morgan fingerprint density at radius 3 is 2.31 bits per heavy atom. The van der Waals surface area contributed by atoms with Gasteiger partial charge >= 0.3 is 0 Å². The average Bonchev–Trinajstić information content (AvgIpc) is 2.74. The van der Waals surface area contributed by atoms with Gasteiger partial charge < -0.3 is 10.2 Å². The van der Waals surface area contributed by atoms with Crippen molar-refractivity contribution >= 4 is 27.5 Å². The first-order chi connectivity index (χ1) is 15.2. The van der Waals surface area contributed by atoms with Crippen LogP contribution in [-0.2, 0) is 14.8 Å². The standard InChI is InChI=1S/C23H28FN3O4S/c1-16(2)15-22(28)27-13-11-18(12-14-27)25-23(29)20-5-3-4-6-21(20)26-32(30,31)19-9-7-17(24)8-10-19/h3-10,16,18,26H,11-15H2,1-2H3,(H,25,29). The monoisotopic (exact) mass is 461 g/mol. The van der Waals surface area contributed by atoms with Crippen LogP contribution in [-0.4, -0.2) is 44.3 Å². The lowest BCUT2D eigenvalue weighted by Crippen LogP contribution is -2.46. The number of para-hydroxylation sites is 1. The van der Waals surface area contributed by atoms with E-state index in [0.717, 1.165) is 24.3 Å². The molecule has 0 atom stereocenters. The molecule has 1 aliphatic heterocycles. The van der Waals surface area contributed by atoms with Gasteiger partial charge in [0.25, 0.3) is 15.9 Å². The second-order valence-electron chi connectivity index (χ2n) is 8.33. The molecule has 1 heterocycles. The van der Waals surface area contributed by atoms with E-state index in [1.165, 1.54) is 6.07 Å². The zero-order valence-corrected chi connectivity index (χ0v) is 19.0. The molecule has 1 fully saturated rings. The molecule has 0 bridgehead atoms. The third-order valence-electron chi connectivity index (χ3n) is 5.31. The number of nitrogens with one attached hydrogen (secondary N) is 2. The van der Waals surface area contributed by atoms with E-state index < -0.39 is 21.7 Å². The number of nitrogens with zero attached hydrogens (tertiary/aromatic N) is 1. The number of carbonyl (C=O) groups excluding carboxylic acids is 2. The minimum atomic E-state index is -3.99. The van der Waals surface area contributed by atoms with Gasteiger partial charge in [-0.05, 0) is 55.2 Å². The normalized spacial score (nSPS) is 14.9. The van der Waals surface area contributed by atoms with Crippen LogP contribution in [0, 0.1) is 11.7 Å². The minimum Gasteiger partial charge on any atom is -0.349 e. The molecule has 9 heteroatoms. The molecular formula is C23H28FN3O4S. The number of hydrogen-bond donors (Lipinski definition) is 2. The van der Waals surface area contributed by atoms with E-state index in [1.807, 2.05) is 18.7 Å². The maximum absolute atomic E-state index is 13.1. The molecule has 172 valence electrons. The first-order valence-electron chi connectivity index (χ1n) is 10.6. The molecule has 0 radical (unpaired) electrons. The van der Waals surface area contributed by atoms with Crippen LogP contribution in [0.2, 0.25) is 0 Å². The number of amides is 2. The van der Waals surface area contributed by atoms with E-state index in [9.17, 15) is 22.4 Å². The fourth-order valence-electron chi connectivity index (χ4n) is 3.60. The highest BCUT2D eigenvalue weighted by atomic mass is 32.2. The van der Waals surface area contributed by atoms with E-state index >= 15 is 0 Å². The number of likely N-dealkylation sites (tertiary alicyclic amines) is 1. The van der Waals surface area contributed by atoms with Gasteiger partial charge in [-0.3, -0.25) is 14.3 Å². The topological polar surface area (TPSA) is 95.6 Å². The number of piperidine rings is 1. The molecule has 0 aliphatic carbocycles. The number of carbonyl (C=O) groups is 2. The van der Waals surface area contributed by atoms with Crippen molar-refractivity contribution in [1.29, 1.82) is 0 Å². The summed E-state index contributed by atoms with van der Waals surface area (Å²) in [5.74, 6) is -0.504. The zero-order valence-electron chi connectivity index (χ0n) is 18.2. The number of benzene rings is 2. The number of anilines is 1. The third kappa shape index (κ3) is 6.06. The van der Waals surface area contributed by atoms with Crippen LogP contribution in [0.1, 0.15) is 43.5 Å². The summed E-state index contributed by atoms with van der Waals surface area (Å²) in [5.41, 5.74) is 0.329. The van der Waals surface area contributed by atoms with Gasteiger partial charge in [-0.15, -0.1) is 0 Å². The Kier molecular flexibility index (Phi) is 7.50. The molecular weight excluding hydrogens is 433 g/mol. The minimum absolute atomic E-state index is 0.104. The molecule has 32 heavy (non-hydrogen) atoms. The van der Waals surface area contributed by atoms with Gasteiger partial charge in [0.2, 0.25) is 5.91 Å². The SMILES string of the molecule is CC(C)CC(=O)N1CCC(NC(=O)c2ccccc2NS(=O)(=O)c2ccc(F)cc2)CC1. The molecule has 0 spiro atoms. The summed E-state index contributed by atoms with van der Waals surface area (Å²) >= 11 is 0. The smallest absolute Gasteiger partial charge is 0.261 e. The molecule has 0 unspecified atom stereocenters. The van der Waals surface area contributed by atoms with Crippen LogP contribution >= 0.6 is 0 Å². The van der Waals surface area contributed by atoms with E-state index in [0.29, 0.717) is 38.3 Å². The van der Waals surface area contributed by atoms with Gasteiger partial charge in [-0.2, -0.15) is 0 Å². The molecule has 0 saturated carbocycles. The highest BCUT2D eigenvalue weighted by molar-refractivity contribution is 7.92. The summed E-state index contributed by atoms with van der Waals surface area (Å²) in [6.07, 6.45) is 1.79. The van der Waals surface area contributed by atoms with E-state index in [1.54, 1.807) is 18.2 Å². The van der Waals surface area contributed by atoms with Crippen LogP contribution in [0.15, 0.2) is 53.4 Å².